The molecule has 0 saturated heterocycles. The van der Waals surface area contributed by atoms with Gasteiger partial charge in [-0.15, -0.1) is 0 Å². The summed E-state index contributed by atoms with van der Waals surface area (Å²) in [5.41, 5.74) is 0.822. The van der Waals surface area contributed by atoms with Gasteiger partial charge in [0, 0.05) is 13.0 Å². The molecule has 0 saturated carbocycles. The maximum atomic E-state index is 11.9. The molecule has 0 fully saturated rings. The van der Waals surface area contributed by atoms with E-state index in [2.05, 4.69) is 5.32 Å². The van der Waals surface area contributed by atoms with Crippen molar-refractivity contribution in [3.63, 3.8) is 0 Å². The van der Waals surface area contributed by atoms with E-state index in [1.165, 1.54) is 0 Å². The van der Waals surface area contributed by atoms with E-state index in [4.69, 9.17) is 10.2 Å². The second-order valence-corrected chi connectivity index (χ2v) is 4.04. The molecule has 5 heteroatoms. The Morgan fingerprint density at radius 1 is 1.28 bits per heavy atom. The number of amides is 1. The van der Waals surface area contributed by atoms with Crippen LogP contribution in [0.3, 0.4) is 0 Å². The smallest absolute Gasteiger partial charge is 0.326 e. The second kappa shape index (κ2) is 6.76. The summed E-state index contributed by atoms with van der Waals surface area (Å²) in [4.78, 5) is 22.7. The molecule has 1 aromatic carbocycles. The van der Waals surface area contributed by atoms with Crippen LogP contribution in [0.2, 0.25) is 0 Å². The third-order valence-corrected chi connectivity index (χ3v) is 2.73. The number of carboxylic acids is 1. The lowest BCUT2D eigenvalue weighted by molar-refractivity contribution is -0.142. The zero-order valence-electron chi connectivity index (χ0n) is 10.2. The molecule has 1 rings (SSSR count). The van der Waals surface area contributed by atoms with Gasteiger partial charge >= 0.3 is 5.97 Å². The highest BCUT2D eigenvalue weighted by molar-refractivity contribution is 5.87. The number of carbonyl (C=O) groups excluding carboxylic acids is 1. The molecule has 0 aromatic heterocycles. The number of rotatable bonds is 6. The molecule has 98 valence electrons. The third kappa shape index (κ3) is 3.85. The van der Waals surface area contributed by atoms with Gasteiger partial charge in [-0.3, -0.25) is 4.79 Å². The van der Waals surface area contributed by atoms with E-state index in [1.807, 2.05) is 30.3 Å². The molecule has 5 nitrogen and oxygen atoms in total. The average Bonchev–Trinajstić information content (AvgIpc) is 2.38. The fraction of sp³-hybridized carbons (Fsp3) is 0.385. The molecule has 2 atom stereocenters. The minimum Gasteiger partial charge on any atom is -0.480 e. The van der Waals surface area contributed by atoms with Crippen LogP contribution in [0.1, 0.15) is 24.8 Å². The minimum atomic E-state index is -1.14. The van der Waals surface area contributed by atoms with Gasteiger partial charge in [0.25, 0.3) is 0 Å². The van der Waals surface area contributed by atoms with E-state index in [0.29, 0.717) is 0 Å². The van der Waals surface area contributed by atoms with Crippen LogP contribution in [0.5, 0.6) is 0 Å². The Kier molecular flexibility index (Phi) is 5.32. The van der Waals surface area contributed by atoms with E-state index < -0.39 is 17.9 Å². The van der Waals surface area contributed by atoms with Crippen molar-refractivity contribution in [1.82, 2.24) is 5.32 Å². The van der Waals surface area contributed by atoms with Crippen molar-refractivity contribution < 1.29 is 19.8 Å². The predicted molar refractivity (Wildman–Crippen MR) is 66.1 cm³/mol. The number of carbonyl (C=O) groups is 2. The summed E-state index contributed by atoms with van der Waals surface area (Å²) in [5.74, 6) is -1.92. The number of hydrogen-bond donors (Lipinski definition) is 3. The highest BCUT2D eigenvalue weighted by Gasteiger charge is 2.23. The summed E-state index contributed by atoms with van der Waals surface area (Å²) >= 11 is 0. The van der Waals surface area contributed by atoms with Crippen LogP contribution in [0, 0.1) is 0 Å². The number of aliphatic carboxylic acids is 1. The van der Waals surface area contributed by atoms with Crippen LogP contribution in [-0.2, 0) is 9.59 Å². The molecule has 0 bridgehead atoms. The Bertz CT molecular complexity index is 405. The summed E-state index contributed by atoms with van der Waals surface area (Å²) < 4.78 is 0. The van der Waals surface area contributed by atoms with Crippen LogP contribution in [0.25, 0.3) is 0 Å². The van der Waals surface area contributed by atoms with Crippen LogP contribution < -0.4 is 5.32 Å². The molecule has 18 heavy (non-hydrogen) atoms. The number of aliphatic hydroxyl groups excluding tert-OH is 1. The SMILES string of the molecule is CC(C(=O)NC(CCO)C(=O)O)c1ccccc1. The van der Waals surface area contributed by atoms with Gasteiger partial charge in [-0.05, 0) is 12.5 Å². The second-order valence-electron chi connectivity index (χ2n) is 4.04. The van der Waals surface area contributed by atoms with E-state index in [1.54, 1.807) is 6.92 Å². The number of carboxylic acid groups (broad SMARTS) is 1. The van der Waals surface area contributed by atoms with Crippen molar-refractivity contribution in [1.29, 1.82) is 0 Å². The first kappa shape index (κ1) is 14.2. The number of nitrogens with one attached hydrogen (secondary N) is 1. The molecule has 3 N–H and O–H groups in total. The molecule has 0 heterocycles. The van der Waals surface area contributed by atoms with Gasteiger partial charge in [-0.2, -0.15) is 0 Å². The Balaban J connectivity index is 2.67. The van der Waals surface area contributed by atoms with Gasteiger partial charge < -0.3 is 15.5 Å². The lowest BCUT2D eigenvalue weighted by atomic mass is 10.00. The Labute approximate surface area is 105 Å². The van der Waals surface area contributed by atoms with E-state index in [0.717, 1.165) is 5.56 Å². The molecular weight excluding hydrogens is 234 g/mol. The molecule has 0 aliphatic carbocycles. The summed E-state index contributed by atoms with van der Waals surface area (Å²) in [5, 5.41) is 20.0. The largest absolute Gasteiger partial charge is 0.480 e. The molecule has 1 amide bonds. The monoisotopic (exact) mass is 251 g/mol. The van der Waals surface area contributed by atoms with E-state index in [-0.39, 0.29) is 18.9 Å². The highest BCUT2D eigenvalue weighted by atomic mass is 16.4. The topological polar surface area (TPSA) is 86.6 Å². The number of hydrogen-bond acceptors (Lipinski definition) is 3. The van der Waals surface area contributed by atoms with Gasteiger partial charge in [0.1, 0.15) is 6.04 Å². The van der Waals surface area contributed by atoms with E-state index >= 15 is 0 Å². The molecule has 1 aromatic rings. The molecule has 0 aliphatic rings. The average molecular weight is 251 g/mol. The van der Waals surface area contributed by atoms with Crippen LogP contribution >= 0.6 is 0 Å². The number of aliphatic hydroxyl groups is 1. The van der Waals surface area contributed by atoms with Crippen molar-refractivity contribution in [2.45, 2.75) is 25.3 Å². The first-order valence-corrected chi connectivity index (χ1v) is 5.75. The molecular formula is C13H17NO4. The van der Waals surface area contributed by atoms with Gasteiger partial charge in [-0.1, -0.05) is 30.3 Å². The van der Waals surface area contributed by atoms with Gasteiger partial charge in [0.15, 0.2) is 0 Å². The van der Waals surface area contributed by atoms with Crippen molar-refractivity contribution in [3.05, 3.63) is 35.9 Å². The molecule has 2 unspecified atom stereocenters. The molecule has 0 spiro atoms. The zero-order valence-corrected chi connectivity index (χ0v) is 10.2. The third-order valence-electron chi connectivity index (χ3n) is 2.73. The van der Waals surface area contributed by atoms with Crippen molar-refractivity contribution in [2.75, 3.05) is 6.61 Å². The molecule has 0 radical (unpaired) electrons. The van der Waals surface area contributed by atoms with Gasteiger partial charge in [0.2, 0.25) is 5.91 Å². The van der Waals surface area contributed by atoms with Crippen molar-refractivity contribution in [3.8, 4) is 0 Å². The normalized spacial score (nSPS) is 13.7. The Morgan fingerprint density at radius 2 is 1.89 bits per heavy atom. The maximum Gasteiger partial charge on any atom is 0.326 e. The first-order chi connectivity index (χ1) is 8.56. The summed E-state index contributed by atoms with van der Waals surface area (Å²) in [6, 6.07) is 8.06. The lowest BCUT2D eigenvalue weighted by Crippen LogP contribution is -2.43. The van der Waals surface area contributed by atoms with Crippen LogP contribution in [-0.4, -0.2) is 34.7 Å². The quantitative estimate of drug-likeness (QED) is 0.696. The molecule has 0 aliphatic heterocycles. The van der Waals surface area contributed by atoms with E-state index in [9.17, 15) is 9.59 Å². The predicted octanol–water partition coefficient (Wildman–Crippen LogP) is 0.742. The minimum absolute atomic E-state index is 0.00256. The first-order valence-electron chi connectivity index (χ1n) is 5.75. The standard InChI is InChI=1S/C13H17NO4/c1-9(10-5-3-2-4-6-10)12(16)14-11(7-8-15)13(17)18/h2-6,9,11,15H,7-8H2,1H3,(H,14,16)(H,17,18). The lowest BCUT2D eigenvalue weighted by Gasteiger charge is -2.17. The Hall–Kier alpha value is -1.88. The zero-order chi connectivity index (χ0) is 13.5. The fourth-order valence-electron chi connectivity index (χ4n) is 1.58. The summed E-state index contributed by atoms with van der Waals surface area (Å²) in [6.07, 6.45) is 0.00256. The van der Waals surface area contributed by atoms with Gasteiger partial charge in [0.05, 0.1) is 5.92 Å². The maximum absolute atomic E-state index is 11.9. The summed E-state index contributed by atoms with van der Waals surface area (Å²) in [7, 11) is 0. The van der Waals surface area contributed by atoms with Crippen LogP contribution in [0.15, 0.2) is 30.3 Å². The highest BCUT2D eigenvalue weighted by Crippen LogP contribution is 2.14. The Morgan fingerprint density at radius 3 is 2.39 bits per heavy atom. The fourth-order valence-corrected chi connectivity index (χ4v) is 1.58. The summed E-state index contributed by atoms with van der Waals surface area (Å²) in [6.45, 7) is 1.43. The number of benzene rings is 1. The van der Waals surface area contributed by atoms with Crippen molar-refractivity contribution in [2.24, 2.45) is 0 Å². The van der Waals surface area contributed by atoms with Crippen LogP contribution in [0.4, 0.5) is 0 Å². The van der Waals surface area contributed by atoms with Gasteiger partial charge in [-0.25, -0.2) is 4.79 Å². The van der Waals surface area contributed by atoms with Crippen molar-refractivity contribution >= 4 is 11.9 Å².